The first-order chi connectivity index (χ1) is 21.6. The summed E-state index contributed by atoms with van der Waals surface area (Å²) >= 11 is 0. The molecular formula is C25H30N6O13P2-2. The van der Waals surface area contributed by atoms with Gasteiger partial charge in [-0.2, -0.15) is 0 Å². The molecule has 1 aromatic heterocycles. The van der Waals surface area contributed by atoms with E-state index in [1.807, 2.05) is 6.07 Å². The lowest BCUT2D eigenvalue weighted by Gasteiger charge is -2.33. The zero-order valence-electron chi connectivity index (χ0n) is 23.9. The van der Waals surface area contributed by atoms with Crippen molar-refractivity contribution in [3.63, 3.8) is 0 Å². The van der Waals surface area contributed by atoms with E-state index in [1.165, 1.54) is 30.2 Å². The van der Waals surface area contributed by atoms with Crippen LogP contribution in [0.25, 0.3) is 11.1 Å². The van der Waals surface area contributed by atoms with Crippen molar-refractivity contribution in [3.8, 4) is 11.1 Å². The van der Waals surface area contributed by atoms with E-state index in [0.29, 0.717) is 11.3 Å². The molecule has 8 N–H and O–H groups in total. The van der Waals surface area contributed by atoms with Crippen LogP contribution in [0.3, 0.4) is 0 Å². The predicted molar refractivity (Wildman–Crippen MR) is 152 cm³/mol. The SMILES string of the molecule is C[C@]1(C2C=Nc3c(N)ncnc32)O[C@@H](COP(=O)([O-])OP(=O)([O-])OC[C@H]2O[C@@H](n3ccc4cccc-4c3N)[C@@H](O)C2O)C(O)[C@H]1O. The summed E-state index contributed by atoms with van der Waals surface area (Å²) in [5.74, 6) is -0.517. The molecule has 250 valence electrons. The highest BCUT2D eigenvalue weighted by Gasteiger charge is 2.57. The number of aromatic nitrogens is 3. The first-order valence-electron chi connectivity index (χ1n) is 13.8. The number of nitrogens with two attached hydrogens (primary N) is 2. The van der Waals surface area contributed by atoms with Crippen molar-refractivity contribution < 1.29 is 62.2 Å². The summed E-state index contributed by atoms with van der Waals surface area (Å²) in [5.41, 5.74) is 12.5. The number of phosphoric acid groups is 2. The summed E-state index contributed by atoms with van der Waals surface area (Å²) in [6.07, 6.45) is -6.50. The first-order valence-corrected chi connectivity index (χ1v) is 16.7. The molecule has 0 bridgehead atoms. The second-order valence-electron chi connectivity index (χ2n) is 11.1. The summed E-state index contributed by atoms with van der Waals surface area (Å²) < 4.78 is 51.0. The van der Waals surface area contributed by atoms with Gasteiger partial charge in [0.25, 0.3) is 15.6 Å². The maximum absolute atomic E-state index is 12.4. The number of aliphatic hydroxyl groups is 4. The average Bonchev–Trinajstić information content (AvgIpc) is 3.76. The third-order valence-corrected chi connectivity index (χ3v) is 10.8. The number of phosphoric ester groups is 2. The third kappa shape index (κ3) is 5.88. The fraction of sp³-hybridized carbons (Fsp3) is 0.480. The molecule has 1 aliphatic carbocycles. The van der Waals surface area contributed by atoms with Crippen molar-refractivity contribution >= 4 is 39.2 Å². The normalized spacial score (nSPS) is 34.9. The van der Waals surface area contributed by atoms with E-state index in [-0.39, 0.29) is 17.3 Å². The number of ether oxygens (including phenoxy) is 2. The molecule has 21 heteroatoms. The lowest BCUT2D eigenvalue weighted by atomic mass is 9.82. The topological polar surface area (TPSA) is 302 Å². The number of anilines is 2. The molecule has 0 saturated carbocycles. The number of hydrogen-bond acceptors (Lipinski definition) is 18. The van der Waals surface area contributed by atoms with Gasteiger partial charge in [-0.05, 0) is 18.6 Å². The van der Waals surface area contributed by atoms with Gasteiger partial charge in [0.1, 0.15) is 60.1 Å². The molecule has 5 aliphatic rings. The molecule has 6 rings (SSSR count). The molecular weight excluding hydrogens is 654 g/mol. The molecule has 1 aromatic rings. The van der Waals surface area contributed by atoms with Crippen molar-refractivity contribution in [2.75, 3.05) is 24.7 Å². The van der Waals surface area contributed by atoms with Gasteiger partial charge in [-0.3, -0.25) is 14.1 Å². The van der Waals surface area contributed by atoms with Gasteiger partial charge < -0.3 is 64.8 Å². The Labute approximate surface area is 260 Å². The van der Waals surface area contributed by atoms with Crippen LogP contribution in [-0.2, 0) is 32.0 Å². The molecule has 2 fully saturated rings. The monoisotopic (exact) mass is 684 g/mol. The molecule has 0 radical (unpaired) electrons. The predicted octanol–water partition coefficient (Wildman–Crippen LogP) is -1.47. The van der Waals surface area contributed by atoms with Crippen LogP contribution >= 0.6 is 15.6 Å². The van der Waals surface area contributed by atoms with Gasteiger partial charge >= 0.3 is 0 Å². The molecule has 46 heavy (non-hydrogen) atoms. The third-order valence-electron chi connectivity index (χ3n) is 8.26. The van der Waals surface area contributed by atoms with Crippen LogP contribution in [0.4, 0.5) is 17.3 Å². The Morgan fingerprint density at radius 3 is 2.41 bits per heavy atom. The van der Waals surface area contributed by atoms with Gasteiger partial charge in [-0.15, -0.1) is 0 Å². The Bertz CT molecular complexity index is 1710. The van der Waals surface area contributed by atoms with Gasteiger partial charge in [-0.1, -0.05) is 18.2 Å². The maximum atomic E-state index is 12.4. The molecule has 0 aromatic carbocycles. The molecule has 0 spiro atoms. The average molecular weight is 684 g/mol. The van der Waals surface area contributed by atoms with Crippen molar-refractivity contribution in [3.05, 3.63) is 42.5 Å². The molecule has 19 nitrogen and oxygen atoms in total. The number of aliphatic hydroxyl groups excluding tert-OH is 4. The van der Waals surface area contributed by atoms with Crippen LogP contribution in [0.15, 0.2) is 41.8 Å². The lowest BCUT2D eigenvalue weighted by Crippen LogP contribution is -2.45. The van der Waals surface area contributed by atoms with Gasteiger partial charge in [-0.25, -0.2) is 14.3 Å². The van der Waals surface area contributed by atoms with Crippen LogP contribution in [0.2, 0.25) is 0 Å². The Morgan fingerprint density at radius 1 is 1.00 bits per heavy atom. The van der Waals surface area contributed by atoms with E-state index in [9.17, 15) is 39.3 Å². The summed E-state index contributed by atoms with van der Waals surface area (Å²) in [5, 5.41) is 42.4. The van der Waals surface area contributed by atoms with E-state index in [1.54, 1.807) is 18.2 Å². The lowest BCUT2D eigenvalue weighted by molar-refractivity contribution is -0.247. The fourth-order valence-corrected chi connectivity index (χ4v) is 7.83. The van der Waals surface area contributed by atoms with Gasteiger partial charge in [0.05, 0.1) is 24.8 Å². The number of rotatable bonds is 10. The van der Waals surface area contributed by atoms with E-state index >= 15 is 0 Å². The Kier molecular flexibility index (Phi) is 8.61. The number of hydrogen-bond donors (Lipinski definition) is 6. The maximum Gasteiger partial charge on any atom is 0.274 e. The zero-order chi connectivity index (χ0) is 33.2. The minimum absolute atomic E-state index is 0.0816. The van der Waals surface area contributed by atoms with E-state index in [4.69, 9.17) is 20.9 Å². The van der Waals surface area contributed by atoms with E-state index in [2.05, 4.69) is 28.3 Å². The zero-order valence-corrected chi connectivity index (χ0v) is 25.7. The largest absolute Gasteiger partial charge is 0.756 e. The van der Waals surface area contributed by atoms with Gasteiger partial charge in [0, 0.05) is 18.0 Å². The Balaban J connectivity index is 1.05. The second kappa shape index (κ2) is 12.0. The van der Waals surface area contributed by atoms with Crippen LogP contribution in [-0.4, -0.2) is 96.6 Å². The van der Waals surface area contributed by atoms with Crippen LogP contribution in [0.1, 0.15) is 24.8 Å². The summed E-state index contributed by atoms with van der Waals surface area (Å²) in [4.78, 5) is 36.9. The Hall–Kier alpha value is -2.87. The number of nitrogen functional groups attached to an aromatic ring is 2. The summed E-state index contributed by atoms with van der Waals surface area (Å²) in [7, 11) is -11.3. The van der Waals surface area contributed by atoms with Crippen LogP contribution < -0.4 is 21.3 Å². The van der Waals surface area contributed by atoms with Crippen LogP contribution in [0.5, 0.6) is 0 Å². The van der Waals surface area contributed by atoms with E-state index < -0.39 is 83.2 Å². The van der Waals surface area contributed by atoms with Crippen molar-refractivity contribution in [2.45, 2.75) is 61.3 Å². The number of fused-ring (bicyclic) bond motifs is 2. The van der Waals surface area contributed by atoms with E-state index in [0.717, 1.165) is 5.56 Å². The molecule has 11 atom stereocenters. The van der Waals surface area contributed by atoms with Gasteiger partial charge in [0.2, 0.25) is 0 Å². The number of nitrogens with zero attached hydrogens (tertiary/aromatic N) is 4. The highest BCUT2D eigenvalue weighted by Crippen LogP contribution is 2.56. The minimum Gasteiger partial charge on any atom is -0.756 e. The summed E-state index contributed by atoms with van der Waals surface area (Å²) in [6, 6.07) is 7.03. The second-order valence-corrected chi connectivity index (χ2v) is 14.1. The fourth-order valence-electron chi connectivity index (χ4n) is 5.81. The minimum atomic E-state index is -5.67. The molecule has 2 saturated heterocycles. The number of pyridine rings is 1. The Morgan fingerprint density at radius 2 is 1.70 bits per heavy atom. The first kappa shape index (κ1) is 33.0. The highest BCUT2D eigenvalue weighted by atomic mass is 31.3. The van der Waals surface area contributed by atoms with Crippen molar-refractivity contribution in [1.29, 1.82) is 0 Å². The smallest absolute Gasteiger partial charge is 0.274 e. The van der Waals surface area contributed by atoms with Crippen molar-refractivity contribution in [1.82, 2.24) is 14.5 Å². The molecule has 4 aliphatic heterocycles. The quantitative estimate of drug-likeness (QED) is 0.133. The standard InChI is InChI=1S/C25H32N6O13P2/c1-25(13-7-28-17-16(13)29-10-30-22(17)26)21(35)19(33)15(43-25)9-41-46(38,39)44-45(36,37)40-8-14-18(32)20(34)24(42-14)31-6-5-11-3-2-4-12(11)23(31)27/h2-7,10,13-15,18-21,24,32-35H,8-9,27H2,1H3,(H,36,37)(H,38,39)(H2,26,29,30)/p-2/t13?,14-,15+,18?,19?,20+,21-,24-,25-/m1/s1. The summed E-state index contributed by atoms with van der Waals surface area (Å²) in [6.45, 7) is -0.463. The van der Waals surface area contributed by atoms with Gasteiger partial charge in [0.15, 0.2) is 12.0 Å². The van der Waals surface area contributed by atoms with Crippen LogP contribution in [0, 0.1) is 0 Å². The highest BCUT2D eigenvalue weighted by molar-refractivity contribution is 7.59. The molecule has 5 heterocycles. The molecule has 0 amide bonds. The number of aliphatic imine (C=N–C) groups is 1. The van der Waals surface area contributed by atoms with Crippen molar-refractivity contribution in [2.24, 2.45) is 4.99 Å². The molecule has 5 unspecified atom stereocenters.